The van der Waals surface area contributed by atoms with Crippen molar-refractivity contribution in [2.45, 2.75) is 57.2 Å². The molecule has 1 saturated carbocycles. The van der Waals surface area contributed by atoms with Crippen molar-refractivity contribution in [1.82, 2.24) is 4.57 Å². The Bertz CT molecular complexity index is 1350. The van der Waals surface area contributed by atoms with Gasteiger partial charge in [-0.05, 0) is 60.1 Å². The van der Waals surface area contributed by atoms with Crippen molar-refractivity contribution < 1.29 is 13.2 Å². The zero-order valence-corrected chi connectivity index (χ0v) is 20.9. The molecule has 5 rings (SSSR count). The lowest BCUT2D eigenvalue weighted by molar-refractivity contribution is -0.137. The van der Waals surface area contributed by atoms with Crippen molar-refractivity contribution in [3.8, 4) is 11.3 Å². The number of hydrogen-bond donors (Lipinski definition) is 0. The Morgan fingerprint density at radius 3 is 2.33 bits per heavy atom. The average Bonchev–Trinajstić information content (AvgIpc) is 3.30. The first-order valence-corrected chi connectivity index (χ1v) is 13.4. The summed E-state index contributed by atoms with van der Waals surface area (Å²) in [7, 11) is 0. The molecule has 1 aliphatic rings. The second kappa shape index (κ2) is 10.9. The summed E-state index contributed by atoms with van der Waals surface area (Å²) in [5.41, 5.74) is 4.37. The second-order valence-corrected chi connectivity index (χ2v) is 10.2. The molecule has 186 valence electrons. The van der Waals surface area contributed by atoms with Crippen LogP contribution in [0.5, 0.6) is 0 Å². The van der Waals surface area contributed by atoms with Crippen LogP contribution in [0.1, 0.15) is 54.7 Å². The molecule has 36 heavy (non-hydrogen) atoms. The first-order chi connectivity index (χ1) is 17.5. The first-order valence-electron chi connectivity index (χ1n) is 12.5. The summed E-state index contributed by atoms with van der Waals surface area (Å²) in [6.07, 6.45) is 2.87. The van der Waals surface area contributed by atoms with E-state index < -0.39 is 11.7 Å². The molecule has 0 N–H and O–H groups in total. The minimum Gasteiger partial charge on any atom is -0.316 e. The molecule has 0 bridgehead atoms. The van der Waals surface area contributed by atoms with Gasteiger partial charge < -0.3 is 4.57 Å². The molecule has 6 heteroatoms. The lowest BCUT2D eigenvalue weighted by Crippen LogP contribution is -2.17. The van der Waals surface area contributed by atoms with E-state index in [0.717, 1.165) is 29.8 Å². The van der Waals surface area contributed by atoms with Gasteiger partial charge in [0.1, 0.15) is 0 Å². The van der Waals surface area contributed by atoms with Crippen LogP contribution in [-0.2, 0) is 19.1 Å². The molecule has 1 aliphatic carbocycles. The highest BCUT2D eigenvalue weighted by atomic mass is 32.1. The molecule has 1 heterocycles. The van der Waals surface area contributed by atoms with E-state index in [-0.39, 0.29) is 0 Å². The topological polar surface area (TPSA) is 17.3 Å². The normalized spacial score (nSPS) is 15.4. The molecule has 0 atom stereocenters. The summed E-state index contributed by atoms with van der Waals surface area (Å²) in [4.78, 5) is 5.34. The minimum absolute atomic E-state index is 0.305. The van der Waals surface area contributed by atoms with Crippen molar-refractivity contribution in [3.05, 3.63) is 106 Å². The van der Waals surface area contributed by atoms with Crippen LogP contribution in [0.2, 0.25) is 0 Å². The molecule has 1 aromatic heterocycles. The third-order valence-corrected chi connectivity index (χ3v) is 7.81. The predicted molar refractivity (Wildman–Crippen MR) is 140 cm³/mol. The molecule has 0 amide bonds. The maximum Gasteiger partial charge on any atom is 0.416 e. The van der Waals surface area contributed by atoms with Crippen LogP contribution in [-0.4, -0.2) is 4.57 Å². The van der Waals surface area contributed by atoms with Gasteiger partial charge in [-0.2, -0.15) is 13.2 Å². The monoisotopic (exact) mass is 506 g/mol. The van der Waals surface area contributed by atoms with Crippen LogP contribution in [0.4, 0.5) is 18.9 Å². The fourth-order valence-corrected chi connectivity index (χ4v) is 5.93. The summed E-state index contributed by atoms with van der Waals surface area (Å²) < 4.78 is 41.9. The van der Waals surface area contributed by atoms with E-state index in [1.165, 1.54) is 60.6 Å². The number of benzene rings is 3. The number of hydrogen-bond acceptors (Lipinski definition) is 2. The van der Waals surface area contributed by atoms with E-state index in [2.05, 4.69) is 51.3 Å². The molecule has 0 radical (unpaired) electrons. The number of thiazole rings is 1. The van der Waals surface area contributed by atoms with Crippen molar-refractivity contribution in [2.24, 2.45) is 4.99 Å². The molecular formula is C30H29F3N2S. The van der Waals surface area contributed by atoms with Gasteiger partial charge >= 0.3 is 6.18 Å². The van der Waals surface area contributed by atoms with Crippen LogP contribution < -0.4 is 4.80 Å². The van der Waals surface area contributed by atoms with Gasteiger partial charge in [0.25, 0.3) is 0 Å². The highest BCUT2D eigenvalue weighted by Gasteiger charge is 2.30. The predicted octanol–water partition coefficient (Wildman–Crippen LogP) is 8.76. The molecule has 4 aromatic rings. The summed E-state index contributed by atoms with van der Waals surface area (Å²) in [5.74, 6) is 0.645. The Morgan fingerprint density at radius 1 is 0.861 bits per heavy atom. The van der Waals surface area contributed by atoms with Crippen LogP contribution in [0.15, 0.2) is 89.2 Å². The van der Waals surface area contributed by atoms with Crippen molar-refractivity contribution in [3.63, 3.8) is 0 Å². The Morgan fingerprint density at radius 2 is 1.61 bits per heavy atom. The molecular weight excluding hydrogens is 477 g/mol. The van der Waals surface area contributed by atoms with E-state index in [1.807, 2.05) is 18.2 Å². The second-order valence-electron chi connectivity index (χ2n) is 9.41. The first kappa shape index (κ1) is 24.6. The van der Waals surface area contributed by atoms with Crippen LogP contribution in [0.3, 0.4) is 0 Å². The molecule has 0 spiro atoms. The molecule has 3 aromatic carbocycles. The van der Waals surface area contributed by atoms with E-state index in [4.69, 9.17) is 0 Å². The quantitative estimate of drug-likeness (QED) is 0.249. The number of alkyl halides is 3. The Kier molecular flexibility index (Phi) is 7.42. The van der Waals surface area contributed by atoms with E-state index in [1.54, 1.807) is 6.07 Å². The van der Waals surface area contributed by atoms with Gasteiger partial charge in [-0.15, -0.1) is 11.3 Å². The number of rotatable bonds is 6. The molecule has 0 aliphatic heterocycles. The van der Waals surface area contributed by atoms with Crippen LogP contribution >= 0.6 is 11.3 Å². The van der Waals surface area contributed by atoms with E-state index in [0.29, 0.717) is 23.0 Å². The number of halogens is 3. The minimum atomic E-state index is -4.39. The third-order valence-electron chi connectivity index (χ3n) is 6.95. The number of nitrogens with zero attached hydrogens (tertiary/aromatic N) is 2. The Hall–Kier alpha value is -3.12. The maximum atomic E-state index is 13.2. The third kappa shape index (κ3) is 5.81. The standard InChI is InChI=1S/C30H29F3N2S/c31-30(32,33)26-12-7-13-27(20-26)34-29-35(19-18-22-8-3-1-4-9-22)28(21-36-29)25-16-14-24(15-17-25)23-10-5-2-6-11-23/h1,3-4,7-9,12-17,20-21,23H,2,5-6,10-11,18-19H2. The van der Waals surface area contributed by atoms with Gasteiger partial charge in [0.2, 0.25) is 0 Å². The van der Waals surface area contributed by atoms with E-state index in [9.17, 15) is 13.2 Å². The lowest BCUT2D eigenvalue weighted by atomic mass is 9.84. The maximum absolute atomic E-state index is 13.2. The Balaban J connectivity index is 1.50. The SMILES string of the molecule is FC(F)(F)c1cccc(N=c2scc(-c3ccc(C4CCCCC4)cc3)n2CCc2ccccc2)c1. The van der Waals surface area contributed by atoms with Gasteiger partial charge in [0.05, 0.1) is 16.9 Å². The summed E-state index contributed by atoms with van der Waals surface area (Å²) in [5, 5.41) is 2.06. The molecule has 1 fully saturated rings. The number of aromatic nitrogens is 1. The van der Waals surface area contributed by atoms with Gasteiger partial charge in [0.15, 0.2) is 4.80 Å². The average molecular weight is 507 g/mol. The zero-order valence-electron chi connectivity index (χ0n) is 20.0. The van der Waals surface area contributed by atoms with Gasteiger partial charge in [-0.1, -0.05) is 79.9 Å². The smallest absolute Gasteiger partial charge is 0.316 e. The molecule has 2 nitrogen and oxygen atoms in total. The fraction of sp³-hybridized carbons (Fsp3) is 0.300. The van der Waals surface area contributed by atoms with Crippen molar-refractivity contribution in [2.75, 3.05) is 0 Å². The van der Waals surface area contributed by atoms with E-state index >= 15 is 0 Å². The Labute approximate surface area is 213 Å². The highest BCUT2D eigenvalue weighted by Crippen LogP contribution is 2.34. The summed E-state index contributed by atoms with van der Waals surface area (Å²) in [6, 6.07) is 24.3. The fourth-order valence-electron chi connectivity index (χ4n) is 4.98. The zero-order chi connectivity index (χ0) is 25.0. The van der Waals surface area contributed by atoms with Crippen LogP contribution in [0, 0.1) is 0 Å². The lowest BCUT2D eigenvalue weighted by Gasteiger charge is -2.22. The van der Waals surface area contributed by atoms with Gasteiger partial charge in [-0.3, -0.25) is 0 Å². The van der Waals surface area contributed by atoms with Crippen LogP contribution in [0.25, 0.3) is 11.3 Å². The molecule has 0 unspecified atom stereocenters. The number of aryl methyl sites for hydroxylation is 1. The van der Waals surface area contributed by atoms with Gasteiger partial charge in [-0.25, -0.2) is 4.99 Å². The highest BCUT2D eigenvalue weighted by molar-refractivity contribution is 7.07. The summed E-state index contributed by atoms with van der Waals surface area (Å²) in [6.45, 7) is 0.686. The largest absolute Gasteiger partial charge is 0.416 e. The van der Waals surface area contributed by atoms with Crippen molar-refractivity contribution in [1.29, 1.82) is 0 Å². The van der Waals surface area contributed by atoms with Gasteiger partial charge in [0, 0.05) is 11.9 Å². The summed E-state index contributed by atoms with van der Waals surface area (Å²) >= 11 is 1.46. The van der Waals surface area contributed by atoms with Crippen molar-refractivity contribution >= 4 is 17.0 Å². The molecule has 0 saturated heterocycles.